The molecule has 0 fully saturated rings. The zero-order valence-corrected chi connectivity index (χ0v) is 12.9. The first-order chi connectivity index (χ1) is 11.2. The lowest BCUT2D eigenvalue weighted by molar-refractivity contribution is 0.0975. The van der Waals surface area contributed by atoms with Crippen LogP contribution < -0.4 is 10.2 Å². The molecule has 0 saturated heterocycles. The summed E-state index contributed by atoms with van der Waals surface area (Å²) in [4.78, 5) is 15.7. The molecule has 0 spiro atoms. The molecular weight excluding hydrogens is 311 g/mol. The van der Waals surface area contributed by atoms with E-state index in [1.54, 1.807) is 34.4 Å². The number of fused-ring (bicyclic) bond motifs is 1. The molecule has 23 heavy (non-hydrogen) atoms. The summed E-state index contributed by atoms with van der Waals surface area (Å²) in [5.41, 5.74) is 2.09. The maximum Gasteiger partial charge on any atom is 0.262 e. The highest BCUT2D eigenvalue weighted by atomic mass is 32.1. The molecule has 0 saturated carbocycles. The molecule has 1 aliphatic rings. The van der Waals surface area contributed by atoms with Crippen molar-refractivity contribution >= 4 is 28.6 Å². The summed E-state index contributed by atoms with van der Waals surface area (Å²) >= 11 is 1.58. The fraction of sp³-hybridized carbons (Fsp3) is 0.0556. The third-order valence-electron chi connectivity index (χ3n) is 3.84. The number of anilines is 2. The molecular formula is C18H13FN2OS. The smallest absolute Gasteiger partial charge is 0.262 e. The molecule has 114 valence electrons. The summed E-state index contributed by atoms with van der Waals surface area (Å²) in [6.07, 6.45) is -0.303. The monoisotopic (exact) mass is 324 g/mol. The van der Waals surface area contributed by atoms with Gasteiger partial charge >= 0.3 is 0 Å². The number of nitrogens with zero attached hydrogens (tertiary/aromatic N) is 1. The van der Waals surface area contributed by atoms with Crippen LogP contribution in [0.25, 0.3) is 0 Å². The van der Waals surface area contributed by atoms with Crippen LogP contribution >= 0.6 is 11.3 Å². The van der Waals surface area contributed by atoms with Gasteiger partial charge in [-0.1, -0.05) is 18.2 Å². The molecule has 2 heterocycles. The van der Waals surface area contributed by atoms with E-state index in [4.69, 9.17) is 0 Å². The van der Waals surface area contributed by atoms with Crippen molar-refractivity contribution in [1.82, 2.24) is 0 Å². The molecule has 4 rings (SSSR count). The fourth-order valence-corrected chi connectivity index (χ4v) is 3.53. The van der Waals surface area contributed by atoms with Gasteiger partial charge in [0.05, 0.1) is 5.56 Å². The lowest BCUT2D eigenvalue weighted by Crippen LogP contribution is -2.42. The number of hydrogen-bond acceptors (Lipinski definition) is 3. The minimum Gasteiger partial charge on any atom is -0.360 e. The summed E-state index contributed by atoms with van der Waals surface area (Å²) in [6.45, 7) is 0. The maximum atomic E-state index is 13.2. The quantitative estimate of drug-likeness (QED) is 0.743. The van der Waals surface area contributed by atoms with Crippen LogP contribution in [0.3, 0.4) is 0 Å². The van der Waals surface area contributed by atoms with Gasteiger partial charge in [-0.05, 0) is 47.8 Å². The van der Waals surface area contributed by atoms with E-state index in [0.29, 0.717) is 11.3 Å². The SMILES string of the molecule is O=C1c2ccccc2N[C@H](c2cccs2)N1c1ccc(F)cc1. The number of carbonyl (C=O) groups excluding carboxylic acids is 1. The van der Waals surface area contributed by atoms with Crippen LogP contribution in [-0.2, 0) is 0 Å². The Bertz CT molecular complexity index is 846. The lowest BCUT2D eigenvalue weighted by Gasteiger charge is -2.37. The molecule has 3 aromatic rings. The standard InChI is InChI=1S/C18H13FN2OS/c19-12-7-9-13(10-8-12)21-17(16-6-3-11-23-16)20-15-5-2-1-4-14(15)18(21)22/h1-11,17,20H/t17-/m0/s1. The first-order valence-electron chi connectivity index (χ1n) is 7.22. The molecule has 0 unspecified atom stereocenters. The Morgan fingerprint density at radius 3 is 2.52 bits per heavy atom. The van der Waals surface area contributed by atoms with Gasteiger partial charge in [-0.15, -0.1) is 11.3 Å². The normalized spacial score (nSPS) is 16.8. The van der Waals surface area contributed by atoms with E-state index in [-0.39, 0.29) is 17.9 Å². The van der Waals surface area contributed by atoms with E-state index in [1.807, 2.05) is 35.7 Å². The van der Waals surface area contributed by atoms with Crippen molar-refractivity contribution in [1.29, 1.82) is 0 Å². The van der Waals surface area contributed by atoms with E-state index in [1.165, 1.54) is 12.1 Å². The Labute approximate surface area is 137 Å². The number of hydrogen-bond donors (Lipinski definition) is 1. The Morgan fingerprint density at radius 2 is 1.78 bits per heavy atom. The van der Waals surface area contributed by atoms with E-state index in [2.05, 4.69) is 5.32 Å². The van der Waals surface area contributed by atoms with Gasteiger partial charge in [0.15, 0.2) is 0 Å². The predicted molar refractivity (Wildman–Crippen MR) is 90.3 cm³/mol. The minimum absolute atomic E-state index is 0.0932. The van der Waals surface area contributed by atoms with Crippen LogP contribution in [0, 0.1) is 5.82 Å². The summed E-state index contributed by atoms with van der Waals surface area (Å²) in [5.74, 6) is -0.413. The van der Waals surface area contributed by atoms with Gasteiger partial charge < -0.3 is 5.32 Å². The van der Waals surface area contributed by atoms with Crippen molar-refractivity contribution in [3.05, 3.63) is 82.3 Å². The zero-order valence-electron chi connectivity index (χ0n) is 12.1. The average molecular weight is 324 g/mol. The third-order valence-corrected chi connectivity index (χ3v) is 4.77. The van der Waals surface area contributed by atoms with Crippen molar-refractivity contribution in [3.8, 4) is 0 Å². The fourth-order valence-electron chi connectivity index (χ4n) is 2.77. The highest BCUT2D eigenvalue weighted by molar-refractivity contribution is 7.10. The Kier molecular flexibility index (Phi) is 3.35. The van der Waals surface area contributed by atoms with Crippen molar-refractivity contribution in [3.63, 3.8) is 0 Å². The van der Waals surface area contributed by atoms with Crippen LogP contribution in [0.2, 0.25) is 0 Å². The molecule has 3 nitrogen and oxygen atoms in total. The molecule has 5 heteroatoms. The van der Waals surface area contributed by atoms with Crippen molar-refractivity contribution in [2.45, 2.75) is 6.17 Å². The van der Waals surface area contributed by atoms with Crippen LogP contribution in [0.5, 0.6) is 0 Å². The van der Waals surface area contributed by atoms with Crippen molar-refractivity contribution in [2.24, 2.45) is 0 Å². The number of thiophene rings is 1. The molecule has 1 atom stereocenters. The van der Waals surface area contributed by atoms with Crippen molar-refractivity contribution < 1.29 is 9.18 Å². The highest BCUT2D eigenvalue weighted by Crippen LogP contribution is 2.37. The van der Waals surface area contributed by atoms with Gasteiger partial charge in [0.1, 0.15) is 12.0 Å². The first kappa shape index (κ1) is 14.0. The molecule has 1 aromatic heterocycles. The van der Waals surface area contributed by atoms with Gasteiger partial charge in [0, 0.05) is 16.3 Å². The topological polar surface area (TPSA) is 32.3 Å². The van der Waals surface area contributed by atoms with Crippen LogP contribution in [0.15, 0.2) is 66.0 Å². The average Bonchev–Trinajstić information content (AvgIpc) is 3.10. The molecule has 0 aliphatic carbocycles. The number of rotatable bonds is 2. The van der Waals surface area contributed by atoms with E-state index < -0.39 is 0 Å². The zero-order chi connectivity index (χ0) is 15.8. The molecule has 1 aliphatic heterocycles. The molecule has 0 bridgehead atoms. The van der Waals surface area contributed by atoms with Gasteiger partial charge in [0.25, 0.3) is 5.91 Å². The number of para-hydroxylation sites is 1. The third kappa shape index (κ3) is 2.39. The molecule has 2 aromatic carbocycles. The molecule has 1 amide bonds. The van der Waals surface area contributed by atoms with Gasteiger partial charge in [0.2, 0.25) is 0 Å². The van der Waals surface area contributed by atoms with E-state index in [9.17, 15) is 9.18 Å². The number of nitrogens with one attached hydrogen (secondary N) is 1. The van der Waals surface area contributed by atoms with Crippen LogP contribution in [0.4, 0.5) is 15.8 Å². The van der Waals surface area contributed by atoms with E-state index >= 15 is 0 Å². The second-order valence-corrected chi connectivity index (χ2v) is 6.24. The molecule has 0 radical (unpaired) electrons. The summed E-state index contributed by atoms with van der Waals surface area (Å²) < 4.78 is 13.2. The second-order valence-electron chi connectivity index (χ2n) is 5.26. The lowest BCUT2D eigenvalue weighted by atomic mass is 10.1. The van der Waals surface area contributed by atoms with Crippen molar-refractivity contribution in [2.75, 3.05) is 10.2 Å². The van der Waals surface area contributed by atoms with Crippen LogP contribution in [-0.4, -0.2) is 5.91 Å². The number of halogens is 1. The highest BCUT2D eigenvalue weighted by Gasteiger charge is 2.34. The molecule has 1 N–H and O–H groups in total. The minimum atomic E-state index is -0.320. The number of benzene rings is 2. The summed E-state index contributed by atoms with van der Waals surface area (Å²) in [5, 5.41) is 5.39. The Morgan fingerprint density at radius 1 is 1.00 bits per heavy atom. The second kappa shape index (κ2) is 5.52. The van der Waals surface area contributed by atoms with Gasteiger partial charge in [-0.2, -0.15) is 0 Å². The van der Waals surface area contributed by atoms with E-state index in [0.717, 1.165) is 10.6 Å². The summed E-state index contributed by atoms with van der Waals surface area (Å²) in [6, 6.07) is 17.4. The van der Waals surface area contributed by atoms with Crippen LogP contribution in [0.1, 0.15) is 21.4 Å². The largest absolute Gasteiger partial charge is 0.360 e. The predicted octanol–water partition coefficient (Wildman–Crippen LogP) is 4.66. The summed E-state index contributed by atoms with van der Waals surface area (Å²) in [7, 11) is 0. The Balaban J connectivity index is 1.85. The number of amides is 1. The van der Waals surface area contributed by atoms with Gasteiger partial charge in [-0.25, -0.2) is 4.39 Å². The first-order valence-corrected chi connectivity index (χ1v) is 8.10. The number of carbonyl (C=O) groups is 1. The van der Waals surface area contributed by atoms with Gasteiger partial charge in [-0.3, -0.25) is 9.69 Å². The maximum absolute atomic E-state index is 13.2. The Hall–Kier alpha value is -2.66.